The van der Waals surface area contributed by atoms with Crippen molar-refractivity contribution in [3.05, 3.63) is 83.0 Å². The SMILES string of the molecule is CC[C@@H](NC(=O)CN(c1ccc(F)cc1)S(=O)(=O)c1cccs1)c1ccc(C)cc1. The predicted molar refractivity (Wildman–Crippen MR) is 118 cm³/mol. The fourth-order valence-corrected chi connectivity index (χ4v) is 5.56. The van der Waals surface area contributed by atoms with Crippen LogP contribution in [0.5, 0.6) is 0 Å². The topological polar surface area (TPSA) is 66.5 Å². The van der Waals surface area contributed by atoms with Gasteiger partial charge in [-0.25, -0.2) is 12.8 Å². The second kappa shape index (κ2) is 9.40. The molecule has 1 amide bonds. The van der Waals surface area contributed by atoms with E-state index >= 15 is 0 Å². The van der Waals surface area contributed by atoms with Crippen molar-refractivity contribution in [1.82, 2.24) is 5.32 Å². The second-order valence-electron chi connectivity index (χ2n) is 6.86. The Balaban J connectivity index is 1.86. The molecule has 0 spiro atoms. The van der Waals surface area contributed by atoms with Crippen molar-refractivity contribution in [2.75, 3.05) is 10.8 Å². The van der Waals surface area contributed by atoms with Crippen molar-refractivity contribution >= 4 is 33.0 Å². The highest BCUT2D eigenvalue weighted by molar-refractivity contribution is 7.94. The molecule has 3 rings (SSSR count). The summed E-state index contributed by atoms with van der Waals surface area (Å²) in [7, 11) is -3.96. The highest BCUT2D eigenvalue weighted by atomic mass is 32.2. The Labute approximate surface area is 180 Å². The third kappa shape index (κ3) is 5.06. The van der Waals surface area contributed by atoms with Crippen molar-refractivity contribution in [3.63, 3.8) is 0 Å². The zero-order valence-corrected chi connectivity index (χ0v) is 18.3. The van der Waals surface area contributed by atoms with Crippen LogP contribution in [-0.2, 0) is 14.8 Å². The van der Waals surface area contributed by atoms with E-state index < -0.39 is 28.3 Å². The Bertz CT molecular complexity index is 1080. The molecule has 0 radical (unpaired) electrons. The van der Waals surface area contributed by atoms with Gasteiger partial charge in [0.05, 0.1) is 11.7 Å². The minimum absolute atomic E-state index is 0.116. The van der Waals surface area contributed by atoms with E-state index in [0.29, 0.717) is 6.42 Å². The van der Waals surface area contributed by atoms with Crippen LogP contribution in [0.4, 0.5) is 10.1 Å². The molecule has 0 aliphatic rings. The summed E-state index contributed by atoms with van der Waals surface area (Å²) in [4.78, 5) is 12.8. The van der Waals surface area contributed by atoms with Gasteiger partial charge in [-0.2, -0.15) is 0 Å². The maximum atomic E-state index is 13.4. The molecule has 3 aromatic rings. The van der Waals surface area contributed by atoms with Crippen molar-refractivity contribution < 1.29 is 17.6 Å². The van der Waals surface area contributed by atoms with Gasteiger partial charge in [-0.1, -0.05) is 42.8 Å². The summed E-state index contributed by atoms with van der Waals surface area (Å²) in [5, 5.41) is 4.57. The molecule has 1 heterocycles. The zero-order valence-electron chi connectivity index (χ0n) is 16.7. The molecule has 0 unspecified atom stereocenters. The third-order valence-corrected chi connectivity index (χ3v) is 7.81. The van der Waals surface area contributed by atoms with Crippen LogP contribution in [0.1, 0.15) is 30.5 Å². The quantitative estimate of drug-likeness (QED) is 0.547. The average Bonchev–Trinajstić information content (AvgIpc) is 3.27. The van der Waals surface area contributed by atoms with Gasteiger partial charge in [-0.15, -0.1) is 11.3 Å². The molecule has 158 valence electrons. The first-order valence-corrected chi connectivity index (χ1v) is 11.8. The van der Waals surface area contributed by atoms with E-state index in [0.717, 1.165) is 26.8 Å². The normalized spacial score (nSPS) is 12.4. The van der Waals surface area contributed by atoms with Gasteiger partial charge in [-0.05, 0) is 54.6 Å². The van der Waals surface area contributed by atoms with Gasteiger partial charge in [0.15, 0.2) is 0 Å². The van der Waals surface area contributed by atoms with Crippen LogP contribution in [0.3, 0.4) is 0 Å². The first-order chi connectivity index (χ1) is 14.3. The van der Waals surface area contributed by atoms with Crippen molar-refractivity contribution in [2.24, 2.45) is 0 Å². The van der Waals surface area contributed by atoms with Crippen LogP contribution in [0, 0.1) is 12.7 Å². The van der Waals surface area contributed by atoms with Gasteiger partial charge in [0.2, 0.25) is 5.91 Å². The smallest absolute Gasteiger partial charge is 0.274 e. The van der Waals surface area contributed by atoms with Crippen LogP contribution in [0.2, 0.25) is 0 Å². The molecular weight excluding hydrogens is 423 g/mol. The number of amides is 1. The molecule has 1 N–H and O–H groups in total. The number of carbonyl (C=O) groups excluding carboxylic acids is 1. The highest BCUT2D eigenvalue weighted by Gasteiger charge is 2.28. The Morgan fingerprint density at radius 1 is 1.10 bits per heavy atom. The molecule has 0 fully saturated rings. The number of aryl methyl sites for hydroxylation is 1. The zero-order chi connectivity index (χ0) is 21.7. The minimum Gasteiger partial charge on any atom is -0.348 e. The minimum atomic E-state index is -3.96. The summed E-state index contributed by atoms with van der Waals surface area (Å²) >= 11 is 1.06. The first-order valence-electron chi connectivity index (χ1n) is 9.49. The van der Waals surface area contributed by atoms with Gasteiger partial charge >= 0.3 is 0 Å². The number of benzene rings is 2. The van der Waals surface area contributed by atoms with Crippen molar-refractivity contribution in [2.45, 2.75) is 30.5 Å². The number of nitrogens with zero attached hydrogens (tertiary/aromatic N) is 1. The largest absolute Gasteiger partial charge is 0.348 e. The van der Waals surface area contributed by atoms with Crippen LogP contribution in [0.25, 0.3) is 0 Å². The van der Waals surface area contributed by atoms with Gasteiger partial charge in [0.1, 0.15) is 16.6 Å². The lowest BCUT2D eigenvalue weighted by molar-refractivity contribution is -0.120. The van der Waals surface area contributed by atoms with Crippen LogP contribution >= 0.6 is 11.3 Å². The molecule has 0 aliphatic carbocycles. The second-order valence-corrected chi connectivity index (χ2v) is 9.90. The molecule has 2 aromatic carbocycles. The maximum Gasteiger partial charge on any atom is 0.274 e. The number of carbonyl (C=O) groups is 1. The third-order valence-electron chi connectivity index (χ3n) is 4.66. The standard InChI is InChI=1S/C22H23FN2O3S2/c1-3-20(17-8-6-16(2)7-9-17)24-21(26)15-25(19-12-10-18(23)11-13-19)30(27,28)22-5-4-14-29-22/h4-14,20H,3,15H2,1-2H3,(H,24,26)/t20-/m1/s1. The molecule has 1 aromatic heterocycles. The first kappa shape index (κ1) is 22.0. The van der Waals surface area contributed by atoms with Gasteiger partial charge in [0.25, 0.3) is 10.0 Å². The number of thiophene rings is 1. The number of halogens is 1. The number of nitrogens with one attached hydrogen (secondary N) is 1. The Morgan fingerprint density at radius 2 is 1.77 bits per heavy atom. The van der Waals surface area contributed by atoms with E-state index in [1.165, 1.54) is 30.3 Å². The molecule has 30 heavy (non-hydrogen) atoms. The molecule has 0 bridgehead atoms. The summed E-state index contributed by atoms with van der Waals surface area (Å²) in [6.07, 6.45) is 0.656. The summed E-state index contributed by atoms with van der Waals surface area (Å²) in [5.74, 6) is -0.922. The van der Waals surface area contributed by atoms with E-state index in [2.05, 4.69) is 5.32 Å². The molecule has 0 saturated carbocycles. The molecular formula is C22H23FN2O3S2. The van der Waals surface area contributed by atoms with Crippen LogP contribution in [-0.4, -0.2) is 20.9 Å². The Morgan fingerprint density at radius 3 is 2.33 bits per heavy atom. The molecule has 1 atom stereocenters. The van der Waals surface area contributed by atoms with E-state index in [1.807, 2.05) is 38.1 Å². The molecule has 8 heteroatoms. The van der Waals surface area contributed by atoms with Gasteiger partial charge in [0, 0.05) is 0 Å². The van der Waals surface area contributed by atoms with Crippen LogP contribution in [0.15, 0.2) is 70.3 Å². The summed E-state index contributed by atoms with van der Waals surface area (Å²) < 4.78 is 40.8. The monoisotopic (exact) mass is 446 g/mol. The lowest BCUT2D eigenvalue weighted by Gasteiger charge is -2.25. The number of anilines is 1. The highest BCUT2D eigenvalue weighted by Crippen LogP contribution is 2.27. The maximum absolute atomic E-state index is 13.4. The number of rotatable bonds is 8. The number of sulfonamides is 1. The summed E-state index contributed by atoms with van der Waals surface area (Å²) in [6, 6.07) is 15.8. The van der Waals surface area contributed by atoms with Gasteiger partial charge < -0.3 is 5.32 Å². The van der Waals surface area contributed by atoms with Crippen molar-refractivity contribution in [1.29, 1.82) is 0 Å². The number of hydrogen-bond donors (Lipinski definition) is 1. The molecule has 0 aliphatic heterocycles. The summed E-state index contributed by atoms with van der Waals surface area (Å²) in [5.41, 5.74) is 2.29. The molecule has 0 saturated heterocycles. The fourth-order valence-electron chi connectivity index (χ4n) is 3.03. The van der Waals surface area contributed by atoms with E-state index in [9.17, 15) is 17.6 Å². The fraction of sp³-hybridized carbons (Fsp3) is 0.227. The Hall–Kier alpha value is -2.71. The van der Waals surface area contributed by atoms with Gasteiger partial charge in [-0.3, -0.25) is 9.10 Å². The van der Waals surface area contributed by atoms with Crippen LogP contribution < -0.4 is 9.62 Å². The van der Waals surface area contributed by atoms with E-state index in [4.69, 9.17) is 0 Å². The number of hydrogen-bond acceptors (Lipinski definition) is 4. The average molecular weight is 447 g/mol. The lowest BCUT2D eigenvalue weighted by Crippen LogP contribution is -2.41. The lowest BCUT2D eigenvalue weighted by atomic mass is 10.0. The van der Waals surface area contributed by atoms with E-state index in [-0.39, 0.29) is 15.9 Å². The van der Waals surface area contributed by atoms with Crippen molar-refractivity contribution in [3.8, 4) is 0 Å². The molecule has 5 nitrogen and oxygen atoms in total. The predicted octanol–water partition coefficient (Wildman–Crippen LogP) is 4.66. The van der Waals surface area contributed by atoms with E-state index in [1.54, 1.807) is 11.4 Å². The Kier molecular flexibility index (Phi) is 6.89. The summed E-state index contributed by atoms with van der Waals surface area (Å²) in [6.45, 7) is 3.53.